The van der Waals surface area contributed by atoms with Gasteiger partial charge in [0.05, 0.1) is 0 Å². The number of hydrogen-bond donors (Lipinski definition) is 0. The van der Waals surface area contributed by atoms with E-state index in [2.05, 4.69) is 0 Å². The molecular formula is H4N2NbTi. The summed E-state index contributed by atoms with van der Waals surface area (Å²) in [7, 11) is 0. The first kappa shape index (κ1) is 54.4. The molecule has 0 bridgehead atoms. The smallest absolute Gasteiger partial charge is 0.693 e. The minimum Gasteiger partial charge on any atom is -0.693 e. The Balaban J connectivity index is 0. The second-order valence-electron chi connectivity index (χ2n) is 0. The van der Waals surface area contributed by atoms with Crippen LogP contribution in [0.4, 0.5) is 0 Å². The molecule has 0 unspecified atom stereocenters. The van der Waals surface area contributed by atoms with Crippen molar-refractivity contribution >= 4 is 0 Å². The summed E-state index contributed by atoms with van der Waals surface area (Å²) in [6.07, 6.45) is 0. The van der Waals surface area contributed by atoms with E-state index in [4.69, 9.17) is 0 Å². The molecule has 0 aliphatic carbocycles. The van der Waals surface area contributed by atoms with Gasteiger partial charge in [0.15, 0.2) is 0 Å². The van der Waals surface area contributed by atoms with E-state index in [0.717, 1.165) is 0 Å². The topological polar surface area (TPSA) is 67.0 Å². The van der Waals surface area contributed by atoms with Gasteiger partial charge in [-0.05, 0) is 0 Å². The van der Waals surface area contributed by atoms with Crippen molar-refractivity contribution in [1.29, 1.82) is 0 Å². The van der Waals surface area contributed by atoms with Crippen LogP contribution in [0.5, 0.6) is 0 Å². The molecule has 0 heterocycles. The summed E-state index contributed by atoms with van der Waals surface area (Å²) < 4.78 is 0. The summed E-state index contributed by atoms with van der Waals surface area (Å²) in [6.45, 7) is 0. The van der Waals surface area contributed by atoms with Crippen molar-refractivity contribution in [3.05, 3.63) is 12.3 Å². The van der Waals surface area contributed by atoms with Crippen LogP contribution >= 0.6 is 0 Å². The van der Waals surface area contributed by atoms with Gasteiger partial charge in [-0.1, -0.05) is 0 Å². The number of hydrogen-bond acceptors (Lipinski definition) is 0. The summed E-state index contributed by atoms with van der Waals surface area (Å²) >= 11 is 0. The van der Waals surface area contributed by atoms with Crippen molar-refractivity contribution in [2.24, 2.45) is 0 Å². The molecule has 0 aliphatic heterocycles. The van der Waals surface area contributed by atoms with Gasteiger partial charge in [0, 0.05) is 22.4 Å². The quantitative estimate of drug-likeness (QED) is 0.497. The fourth-order valence-corrected chi connectivity index (χ4v) is 0. The molecular weight excluding hydrogens is 169 g/mol. The monoisotopic (exact) mass is 173 g/mol. The molecule has 4 N–H and O–H groups in total. The standard InChI is InChI=1S/2H2N.Nb.Ti/h2*1H2;;/q2*-1;;+2. The Morgan fingerprint density at radius 2 is 0.750 bits per heavy atom. The average Bonchev–Trinajstić information content (AvgIpc) is 0. The molecule has 0 aromatic carbocycles. The first-order valence-electron chi connectivity index (χ1n) is 0. The van der Waals surface area contributed by atoms with Crippen molar-refractivity contribution in [1.82, 2.24) is 0 Å². The zero-order valence-corrected chi connectivity index (χ0v) is 5.86. The van der Waals surface area contributed by atoms with Gasteiger partial charge in [0.2, 0.25) is 0 Å². The van der Waals surface area contributed by atoms with Crippen LogP contribution in [-0.2, 0) is 44.1 Å². The van der Waals surface area contributed by atoms with Crippen molar-refractivity contribution in [2.45, 2.75) is 0 Å². The van der Waals surface area contributed by atoms with Gasteiger partial charge < -0.3 is 12.3 Å². The first-order valence-corrected chi connectivity index (χ1v) is 0. The third-order valence-corrected chi connectivity index (χ3v) is 0. The van der Waals surface area contributed by atoms with E-state index in [1.54, 1.807) is 0 Å². The Hall–Kier alpha value is 1.37. The summed E-state index contributed by atoms with van der Waals surface area (Å²) in [5, 5.41) is 0. The number of nitrogens with two attached hydrogens (primary N) is 2. The van der Waals surface area contributed by atoms with Crippen LogP contribution in [0.1, 0.15) is 0 Å². The predicted molar refractivity (Wildman–Crippen MR) is 10.6 cm³/mol. The zero-order valence-electron chi connectivity index (χ0n) is 2.10. The van der Waals surface area contributed by atoms with Crippen molar-refractivity contribution in [3.63, 3.8) is 0 Å². The molecule has 0 rings (SSSR count). The molecule has 1 radical (unpaired) electrons. The second kappa shape index (κ2) is 26.4. The molecule has 2 nitrogen and oxygen atoms in total. The van der Waals surface area contributed by atoms with Crippen LogP contribution in [0, 0.1) is 0 Å². The van der Waals surface area contributed by atoms with E-state index >= 15 is 0 Å². The van der Waals surface area contributed by atoms with Gasteiger partial charge in [-0.3, -0.25) is 0 Å². The average molecular weight is 173 g/mol. The van der Waals surface area contributed by atoms with E-state index in [1.165, 1.54) is 0 Å². The van der Waals surface area contributed by atoms with Crippen LogP contribution in [0.25, 0.3) is 12.3 Å². The Bertz CT molecular complexity index is 6.00. The molecule has 0 saturated heterocycles. The van der Waals surface area contributed by atoms with Crippen molar-refractivity contribution in [2.75, 3.05) is 0 Å². The fraction of sp³-hybridized carbons (Fsp3) is 0. The van der Waals surface area contributed by atoms with Gasteiger partial charge in [-0.25, -0.2) is 0 Å². The minimum absolute atomic E-state index is 0. The molecule has 4 heavy (non-hydrogen) atoms. The maximum Gasteiger partial charge on any atom is 2.00 e. The van der Waals surface area contributed by atoms with Crippen LogP contribution < -0.4 is 0 Å². The molecule has 0 aliphatic rings. The van der Waals surface area contributed by atoms with Crippen molar-refractivity contribution in [3.8, 4) is 0 Å². The SMILES string of the molecule is [NH2-].[NH2-].[Nb].[Ti+2]. The van der Waals surface area contributed by atoms with E-state index in [9.17, 15) is 0 Å². The van der Waals surface area contributed by atoms with Gasteiger partial charge >= 0.3 is 21.7 Å². The van der Waals surface area contributed by atoms with E-state index in [0.29, 0.717) is 0 Å². The molecule has 0 amide bonds. The van der Waals surface area contributed by atoms with Crippen LogP contribution in [0.3, 0.4) is 0 Å². The molecule has 0 aromatic rings. The van der Waals surface area contributed by atoms with Gasteiger partial charge in [-0.15, -0.1) is 0 Å². The van der Waals surface area contributed by atoms with Crippen LogP contribution in [-0.4, -0.2) is 0 Å². The fourth-order valence-electron chi connectivity index (χ4n) is 0. The Labute approximate surface area is 56.3 Å². The maximum absolute atomic E-state index is 0. The predicted octanol–water partition coefficient (Wildman–Crippen LogP) is 1.43. The minimum atomic E-state index is 0. The molecule has 0 atom stereocenters. The maximum atomic E-state index is 0. The van der Waals surface area contributed by atoms with Crippen LogP contribution in [0.15, 0.2) is 0 Å². The van der Waals surface area contributed by atoms with E-state index in [1.807, 2.05) is 0 Å². The Morgan fingerprint density at radius 3 is 0.750 bits per heavy atom. The third kappa shape index (κ3) is 10.1. The first-order chi connectivity index (χ1) is 0. The molecule has 23 valence electrons. The normalized spacial score (nSPS) is 0. The molecule has 0 saturated carbocycles. The summed E-state index contributed by atoms with van der Waals surface area (Å²) in [4.78, 5) is 0. The third-order valence-electron chi connectivity index (χ3n) is 0. The van der Waals surface area contributed by atoms with E-state index in [-0.39, 0.29) is 56.4 Å². The van der Waals surface area contributed by atoms with Crippen molar-refractivity contribution < 1.29 is 44.1 Å². The summed E-state index contributed by atoms with van der Waals surface area (Å²) in [5.41, 5.74) is 0. The second-order valence-corrected chi connectivity index (χ2v) is 0. The zero-order chi connectivity index (χ0) is 0. The van der Waals surface area contributed by atoms with Gasteiger partial charge in [0.25, 0.3) is 0 Å². The number of rotatable bonds is 0. The summed E-state index contributed by atoms with van der Waals surface area (Å²) in [5.74, 6) is 0. The Kier molecular flexibility index (Phi) is 359. The molecule has 0 spiro atoms. The molecule has 0 aromatic heterocycles. The van der Waals surface area contributed by atoms with Gasteiger partial charge in [-0.2, -0.15) is 0 Å². The molecule has 0 fully saturated rings. The van der Waals surface area contributed by atoms with Crippen LogP contribution in [0.2, 0.25) is 0 Å². The van der Waals surface area contributed by atoms with Gasteiger partial charge in [0.1, 0.15) is 0 Å². The Morgan fingerprint density at radius 1 is 0.750 bits per heavy atom. The van der Waals surface area contributed by atoms with E-state index < -0.39 is 0 Å². The summed E-state index contributed by atoms with van der Waals surface area (Å²) in [6, 6.07) is 0. The largest absolute Gasteiger partial charge is 2.00 e. The molecule has 4 heteroatoms.